The number of amides is 1. The number of carbonyl (C=O) groups excluding carboxylic acids is 1. The average Bonchev–Trinajstić information content (AvgIpc) is 2.33. The molecule has 1 amide bonds. The average molecular weight is 252 g/mol. The molecule has 0 aliphatic carbocycles. The second-order valence-corrected chi connectivity index (χ2v) is 5.20. The highest BCUT2D eigenvalue weighted by Crippen LogP contribution is 2.20. The number of terminal acetylenes is 1. The van der Waals surface area contributed by atoms with Crippen LogP contribution in [0.2, 0.25) is 0 Å². The lowest BCUT2D eigenvalue weighted by Gasteiger charge is -2.20. The first-order chi connectivity index (χ1) is 8.54. The Kier molecular flexibility index (Phi) is 9.40. The van der Waals surface area contributed by atoms with Gasteiger partial charge in [0.2, 0.25) is 5.91 Å². The van der Waals surface area contributed by atoms with E-state index in [0.717, 1.165) is 25.7 Å². The van der Waals surface area contributed by atoms with Crippen molar-refractivity contribution in [2.24, 2.45) is 17.6 Å². The first-order valence-electron chi connectivity index (χ1n) is 7.00. The van der Waals surface area contributed by atoms with Gasteiger partial charge in [0.25, 0.3) is 0 Å². The maximum absolute atomic E-state index is 11.8. The number of carbonyl (C=O) groups is 1. The molecular formula is C15H28N2O. The van der Waals surface area contributed by atoms with Crippen molar-refractivity contribution in [2.75, 3.05) is 6.54 Å². The monoisotopic (exact) mass is 252 g/mol. The SMILES string of the molecule is C#CC(CCC)NC(=O)CCC(CCN)C(C)C. The van der Waals surface area contributed by atoms with Gasteiger partial charge in [-0.05, 0) is 37.6 Å². The highest BCUT2D eigenvalue weighted by atomic mass is 16.1. The molecule has 0 radical (unpaired) electrons. The molecule has 0 saturated heterocycles. The van der Waals surface area contributed by atoms with Crippen LogP contribution in [0.5, 0.6) is 0 Å². The first kappa shape index (κ1) is 17.0. The number of hydrogen-bond acceptors (Lipinski definition) is 2. The Hall–Kier alpha value is -1.01. The Bertz CT molecular complexity index is 268. The Morgan fingerprint density at radius 3 is 2.44 bits per heavy atom. The summed E-state index contributed by atoms with van der Waals surface area (Å²) >= 11 is 0. The Morgan fingerprint density at radius 2 is 2.00 bits per heavy atom. The van der Waals surface area contributed by atoms with Gasteiger partial charge in [0.05, 0.1) is 6.04 Å². The molecule has 0 rings (SSSR count). The molecule has 2 atom stereocenters. The van der Waals surface area contributed by atoms with E-state index in [1.807, 2.05) is 0 Å². The lowest BCUT2D eigenvalue weighted by atomic mass is 9.88. The molecule has 0 aliphatic rings. The van der Waals surface area contributed by atoms with Gasteiger partial charge in [-0.1, -0.05) is 33.1 Å². The summed E-state index contributed by atoms with van der Waals surface area (Å²) in [7, 11) is 0. The molecule has 3 N–H and O–H groups in total. The molecule has 0 spiro atoms. The molecule has 3 heteroatoms. The third kappa shape index (κ3) is 7.34. The second kappa shape index (κ2) is 9.96. The van der Waals surface area contributed by atoms with Crippen LogP contribution in [0, 0.1) is 24.2 Å². The number of nitrogens with two attached hydrogens (primary N) is 1. The first-order valence-corrected chi connectivity index (χ1v) is 7.00. The summed E-state index contributed by atoms with van der Waals surface area (Å²) in [5, 5.41) is 2.90. The Morgan fingerprint density at radius 1 is 1.33 bits per heavy atom. The van der Waals surface area contributed by atoms with Gasteiger partial charge in [0, 0.05) is 6.42 Å². The minimum Gasteiger partial charge on any atom is -0.342 e. The lowest BCUT2D eigenvalue weighted by molar-refractivity contribution is -0.121. The predicted molar refractivity (Wildman–Crippen MR) is 76.9 cm³/mol. The van der Waals surface area contributed by atoms with Crippen LogP contribution in [0.3, 0.4) is 0 Å². The van der Waals surface area contributed by atoms with Gasteiger partial charge in [-0.15, -0.1) is 6.42 Å². The van der Waals surface area contributed by atoms with Crippen molar-refractivity contribution >= 4 is 5.91 Å². The fourth-order valence-corrected chi connectivity index (χ4v) is 2.09. The smallest absolute Gasteiger partial charge is 0.220 e. The molecule has 0 aromatic carbocycles. The molecule has 0 bridgehead atoms. The maximum Gasteiger partial charge on any atom is 0.220 e. The topological polar surface area (TPSA) is 55.1 Å². The lowest BCUT2D eigenvalue weighted by Crippen LogP contribution is -2.34. The molecule has 0 heterocycles. The van der Waals surface area contributed by atoms with Crippen molar-refractivity contribution in [1.82, 2.24) is 5.32 Å². The standard InChI is InChI=1S/C15H28N2O/c1-5-7-14(6-2)17-15(18)9-8-13(10-11-16)12(3)4/h2,12-14H,5,7-11,16H2,1,3-4H3,(H,17,18). The maximum atomic E-state index is 11.8. The van der Waals surface area contributed by atoms with Crippen LogP contribution in [0.15, 0.2) is 0 Å². The summed E-state index contributed by atoms with van der Waals surface area (Å²) < 4.78 is 0. The molecule has 0 aliphatic heterocycles. The van der Waals surface area contributed by atoms with Gasteiger partial charge in [-0.25, -0.2) is 0 Å². The zero-order chi connectivity index (χ0) is 14.0. The zero-order valence-corrected chi connectivity index (χ0v) is 12.0. The summed E-state index contributed by atoms with van der Waals surface area (Å²) in [6, 6.07) is -0.116. The highest BCUT2D eigenvalue weighted by Gasteiger charge is 2.15. The van der Waals surface area contributed by atoms with Crippen LogP contribution < -0.4 is 11.1 Å². The van der Waals surface area contributed by atoms with Gasteiger partial charge in [-0.2, -0.15) is 0 Å². The van der Waals surface area contributed by atoms with Gasteiger partial charge >= 0.3 is 0 Å². The Labute approximate surface area is 112 Å². The van der Waals surface area contributed by atoms with Crippen LogP contribution in [0.25, 0.3) is 0 Å². The summed E-state index contributed by atoms with van der Waals surface area (Å²) in [5.41, 5.74) is 5.59. The van der Waals surface area contributed by atoms with Gasteiger partial charge in [-0.3, -0.25) is 4.79 Å². The normalized spacial score (nSPS) is 14.0. The van der Waals surface area contributed by atoms with Crippen molar-refractivity contribution in [3.05, 3.63) is 0 Å². The summed E-state index contributed by atoms with van der Waals surface area (Å²) in [6.45, 7) is 7.11. The largest absolute Gasteiger partial charge is 0.342 e. The molecule has 3 nitrogen and oxygen atoms in total. The summed E-state index contributed by atoms with van der Waals surface area (Å²) in [6.07, 6.45) is 9.63. The van der Waals surface area contributed by atoms with Crippen molar-refractivity contribution in [1.29, 1.82) is 0 Å². The van der Waals surface area contributed by atoms with Crippen LogP contribution >= 0.6 is 0 Å². The molecule has 0 fully saturated rings. The van der Waals surface area contributed by atoms with Crippen molar-refractivity contribution in [3.8, 4) is 12.3 Å². The Balaban J connectivity index is 4.04. The summed E-state index contributed by atoms with van der Waals surface area (Å²) in [4.78, 5) is 11.8. The van der Waals surface area contributed by atoms with Gasteiger partial charge in [0.1, 0.15) is 0 Å². The fraction of sp³-hybridized carbons (Fsp3) is 0.800. The van der Waals surface area contributed by atoms with E-state index in [9.17, 15) is 4.79 Å². The predicted octanol–water partition coefficient (Wildman–Crippen LogP) is 2.31. The van der Waals surface area contributed by atoms with E-state index < -0.39 is 0 Å². The van der Waals surface area contributed by atoms with E-state index in [-0.39, 0.29) is 11.9 Å². The number of nitrogens with one attached hydrogen (secondary N) is 1. The number of rotatable bonds is 9. The van der Waals surface area contributed by atoms with Crippen molar-refractivity contribution < 1.29 is 4.79 Å². The second-order valence-electron chi connectivity index (χ2n) is 5.20. The van der Waals surface area contributed by atoms with Crippen molar-refractivity contribution in [3.63, 3.8) is 0 Å². The molecule has 2 unspecified atom stereocenters. The van der Waals surface area contributed by atoms with E-state index in [0.29, 0.717) is 24.8 Å². The van der Waals surface area contributed by atoms with Crippen molar-refractivity contribution in [2.45, 2.75) is 58.9 Å². The zero-order valence-electron chi connectivity index (χ0n) is 12.0. The van der Waals surface area contributed by atoms with E-state index in [1.54, 1.807) is 0 Å². The molecule has 0 saturated carbocycles. The van der Waals surface area contributed by atoms with Crippen LogP contribution in [0.4, 0.5) is 0 Å². The van der Waals surface area contributed by atoms with Gasteiger partial charge in [0.15, 0.2) is 0 Å². The number of hydrogen-bond donors (Lipinski definition) is 2. The third-order valence-electron chi connectivity index (χ3n) is 3.34. The van der Waals surface area contributed by atoms with Gasteiger partial charge < -0.3 is 11.1 Å². The molecule has 0 aromatic heterocycles. The van der Waals surface area contributed by atoms with E-state index in [2.05, 4.69) is 32.0 Å². The fourth-order valence-electron chi connectivity index (χ4n) is 2.09. The van der Waals surface area contributed by atoms with E-state index >= 15 is 0 Å². The minimum absolute atomic E-state index is 0.0640. The highest BCUT2D eigenvalue weighted by molar-refractivity contribution is 5.76. The summed E-state index contributed by atoms with van der Waals surface area (Å²) in [5.74, 6) is 3.78. The van der Waals surface area contributed by atoms with Crippen LogP contribution in [-0.4, -0.2) is 18.5 Å². The van der Waals surface area contributed by atoms with Crippen LogP contribution in [0.1, 0.15) is 52.9 Å². The molecule has 104 valence electrons. The quantitative estimate of drug-likeness (QED) is 0.619. The van der Waals surface area contributed by atoms with Crippen LogP contribution in [-0.2, 0) is 4.79 Å². The van der Waals surface area contributed by atoms with E-state index in [4.69, 9.17) is 12.2 Å². The molecular weight excluding hydrogens is 224 g/mol. The molecule has 18 heavy (non-hydrogen) atoms. The molecule has 0 aromatic rings. The third-order valence-corrected chi connectivity index (χ3v) is 3.34. The minimum atomic E-state index is -0.116. The van der Waals surface area contributed by atoms with E-state index in [1.165, 1.54) is 0 Å².